The molecule has 3 aliphatic rings. The van der Waals surface area contributed by atoms with E-state index >= 15 is 0 Å². The number of rotatable bonds is 7. The van der Waals surface area contributed by atoms with Gasteiger partial charge in [-0.3, -0.25) is 9.78 Å². The van der Waals surface area contributed by atoms with Crippen molar-refractivity contribution >= 4 is 24.2 Å². The monoisotopic (exact) mass is 504 g/mol. The summed E-state index contributed by atoms with van der Waals surface area (Å²) >= 11 is 0. The minimum absolute atomic E-state index is 0.692. The molecule has 1 aromatic heterocycles. The van der Waals surface area contributed by atoms with Crippen LogP contribution in [0.5, 0.6) is 0 Å². The lowest BCUT2D eigenvalue weighted by atomic mass is 9.92. The molecule has 5 nitrogen and oxygen atoms in total. The van der Waals surface area contributed by atoms with Crippen LogP contribution in [0.1, 0.15) is 75.7 Å². The first-order valence-electron chi connectivity index (χ1n) is 14.0. The first-order chi connectivity index (χ1) is 18.1. The minimum Gasteiger partial charge on any atom is -0.328 e. The van der Waals surface area contributed by atoms with Crippen molar-refractivity contribution in [3.05, 3.63) is 71.1 Å². The Kier molecular flexibility index (Phi) is 15.2. The topological polar surface area (TPSA) is 57.3 Å². The van der Waals surface area contributed by atoms with Crippen LogP contribution >= 0.6 is 0 Å². The third kappa shape index (κ3) is 11.9. The van der Waals surface area contributed by atoms with Gasteiger partial charge >= 0.3 is 0 Å². The summed E-state index contributed by atoms with van der Waals surface area (Å²) < 4.78 is 0. The number of nitrogens with zero attached hydrogens (tertiary/aromatic N) is 2. The smallest absolute Gasteiger partial charge is 0.211 e. The maximum atomic E-state index is 10.5. The van der Waals surface area contributed by atoms with Crippen LogP contribution in [0, 0.1) is 12.8 Å². The van der Waals surface area contributed by atoms with Crippen LogP contribution in [-0.2, 0) is 4.79 Å². The molecule has 1 saturated heterocycles. The van der Waals surface area contributed by atoms with Crippen LogP contribution in [0.15, 0.2) is 54.2 Å². The van der Waals surface area contributed by atoms with Gasteiger partial charge in [-0.15, -0.1) is 0 Å². The van der Waals surface area contributed by atoms with Gasteiger partial charge < -0.3 is 15.5 Å². The molecule has 0 radical (unpaired) electrons. The lowest BCUT2D eigenvalue weighted by Crippen LogP contribution is -2.31. The Labute approximate surface area is 225 Å². The number of nitrogens with one attached hydrogen (secondary N) is 2. The summed E-state index contributed by atoms with van der Waals surface area (Å²) in [4.78, 5) is 17.5. The van der Waals surface area contributed by atoms with Gasteiger partial charge in [0, 0.05) is 24.3 Å². The van der Waals surface area contributed by atoms with Crippen LogP contribution in [-0.4, -0.2) is 49.5 Å². The number of hydrogen-bond acceptors (Lipinski definition) is 4. The molecule has 1 fully saturated rings. The number of amides is 1. The fourth-order valence-electron chi connectivity index (χ4n) is 4.67. The highest BCUT2D eigenvalue weighted by molar-refractivity contribution is 5.82. The molecule has 2 aliphatic carbocycles. The van der Waals surface area contributed by atoms with Gasteiger partial charge in [0.05, 0.1) is 11.4 Å². The summed E-state index contributed by atoms with van der Waals surface area (Å²) in [5.74, 6) is 0.883. The quantitative estimate of drug-likeness (QED) is 0.395. The zero-order chi connectivity index (χ0) is 26.7. The lowest BCUT2D eigenvalue weighted by Gasteiger charge is -2.19. The lowest BCUT2D eigenvalue weighted by molar-refractivity contribution is -0.105. The number of aromatic nitrogens is 1. The third-order valence-electron chi connectivity index (χ3n) is 6.48. The van der Waals surface area contributed by atoms with Crippen LogP contribution in [0.4, 0.5) is 5.69 Å². The number of allylic oxidation sites excluding steroid dienone is 8. The first-order valence-corrected chi connectivity index (χ1v) is 14.0. The van der Waals surface area contributed by atoms with Crippen LogP contribution in [0.2, 0.25) is 0 Å². The predicted octanol–water partition coefficient (Wildman–Crippen LogP) is 6.95. The molecule has 1 atom stereocenters. The van der Waals surface area contributed by atoms with Gasteiger partial charge in [-0.05, 0) is 83.6 Å². The predicted molar refractivity (Wildman–Crippen MR) is 161 cm³/mol. The Bertz CT molecular complexity index is 958. The molecular formula is C32H48N4O. The Balaban J connectivity index is 0.000000240. The van der Waals surface area contributed by atoms with Crippen LogP contribution in [0.25, 0.3) is 12.2 Å². The largest absolute Gasteiger partial charge is 0.328 e. The minimum atomic E-state index is 0.692. The molecule has 0 bridgehead atoms. The molecule has 1 amide bonds. The number of carbonyl (C=O) groups is 1. The number of aryl methyl sites for hydroxylation is 1. The van der Waals surface area contributed by atoms with Crippen molar-refractivity contribution < 1.29 is 4.79 Å². The van der Waals surface area contributed by atoms with Crippen molar-refractivity contribution in [2.24, 2.45) is 5.92 Å². The zero-order valence-electron chi connectivity index (χ0n) is 23.5. The van der Waals surface area contributed by atoms with E-state index in [1.54, 1.807) is 5.57 Å². The molecule has 202 valence electrons. The highest BCUT2D eigenvalue weighted by atomic mass is 16.1. The van der Waals surface area contributed by atoms with E-state index in [0.717, 1.165) is 47.9 Å². The summed E-state index contributed by atoms with van der Waals surface area (Å²) in [5.41, 5.74) is 5.14. The Morgan fingerprint density at radius 3 is 2.65 bits per heavy atom. The number of anilines is 1. The molecule has 2 N–H and O–H groups in total. The second-order valence-electron chi connectivity index (χ2n) is 9.87. The normalized spacial score (nSPS) is 18.6. The van der Waals surface area contributed by atoms with E-state index < -0.39 is 0 Å². The first kappa shape index (κ1) is 30.5. The molecule has 4 rings (SSSR count). The molecule has 37 heavy (non-hydrogen) atoms. The second kappa shape index (κ2) is 18.5. The number of fused-ring (bicyclic) bond motifs is 1. The van der Waals surface area contributed by atoms with E-state index in [-0.39, 0.29) is 0 Å². The molecule has 1 unspecified atom stereocenters. The molecule has 0 saturated carbocycles. The van der Waals surface area contributed by atoms with Gasteiger partial charge in [0.2, 0.25) is 6.41 Å². The van der Waals surface area contributed by atoms with Gasteiger partial charge in [-0.2, -0.15) is 0 Å². The average Bonchev–Trinajstić information content (AvgIpc) is 3.37. The van der Waals surface area contributed by atoms with E-state index in [4.69, 9.17) is 0 Å². The van der Waals surface area contributed by atoms with Gasteiger partial charge in [-0.25, -0.2) is 0 Å². The van der Waals surface area contributed by atoms with Crippen molar-refractivity contribution in [3.63, 3.8) is 0 Å². The highest BCUT2D eigenvalue weighted by Gasteiger charge is 2.17. The van der Waals surface area contributed by atoms with Crippen molar-refractivity contribution in [2.75, 3.05) is 38.5 Å². The van der Waals surface area contributed by atoms with E-state index in [9.17, 15) is 4.79 Å². The molecule has 0 aromatic carbocycles. The van der Waals surface area contributed by atoms with Crippen molar-refractivity contribution in [3.8, 4) is 0 Å². The molecule has 1 aliphatic heterocycles. The highest BCUT2D eigenvalue weighted by Crippen LogP contribution is 2.26. The molecular weight excluding hydrogens is 456 g/mol. The summed E-state index contributed by atoms with van der Waals surface area (Å²) in [5, 5.41) is 5.95. The number of pyridine rings is 1. The SMILES string of the molecule is CCC.CNCCN1CCCC(CC2=CCC=CC=C2)CC1.Cc1cc(NC=O)c2c(n1)C=CCC=C2. The van der Waals surface area contributed by atoms with E-state index in [1.807, 2.05) is 32.2 Å². The third-order valence-corrected chi connectivity index (χ3v) is 6.48. The zero-order valence-corrected chi connectivity index (χ0v) is 23.5. The fraction of sp³-hybridized carbons (Fsp3) is 0.500. The number of likely N-dealkylation sites (tertiary alicyclic amines) is 1. The Hall–Kier alpha value is -2.76. The van der Waals surface area contributed by atoms with Crippen molar-refractivity contribution in [2.45, 2.75) is 65.7 Å². The van der Waals surface area contributed by atoms with Gasteiger partial charge in [0.15, 0.2) is 0 Å². The number of hydrogen-bond donors (Lipinski definition) is 2. The number of likely N-dealkylation sites (N-methyl/N-ethyl adjacent to an activating group) is 1. The second-order valence-corrected chi connectivity index (χ2v) is 9.87. The van der Waals surface area contributed by atoms with E-state index in [0.29, 0.717) is 6.41 Å². The summed E-state index contributed by atoms with van der Waals surface area (Å²) in [6, 6.07) is 1.87. The van der Waals surface area contributed by atoms with Crippen molar-refractivity contribution in [1.82, 2.24) is 15.2 Å². The fourth-order valence-corrected chi connectivity index (χ4v) is 4.67. The van der Waals surface area contributed by atoms with Crippen LogP contribution in [0.3, 0.4) is 0 Å². The molecule has 2 heterocycles. The average molecular weight is 505 g/mol. The van der Waals surface area contributed by atoms with Gasteiger partial charge in [-0.1, -0.05) is 74.4 Å². The molecule has 5 heteroatoms. The standard InChI is InChI=1S/C17H28N2.C12H12N2O.C3H8/c1-18-11-14-19-12-6-9-17(10-13-19)15-16-7-4-2-3-5-8-16;1-9-7-12(13-8-15)10-5-3-2-4-6-11(10)14-9;1-3-2/h2-4,7-8,17-18H,5-6,9-15H2,1H3;3-8H,2H2,1H3,(H,13,14,15);3H2,1-2H3. The van der Waals surface area contributed by atoms with E-state index in [2.05, 4.69) is 76.9 Å². The van der Waals surface area contributed by atoms with Crippen molar-refractivity contribution in [1.29, 1.82) is 0 Å². The van der Waals surface area contributed by atoms with Gasteiger partial charge in [0.25, 0.3) is 0 Å². The number of carbonyl (C=O) groups excluding carboxylic acids is 1. The molecule has 1 aromatic rings. The summed E-state index contributed by atoms with van der Waals surface area (Å²) in [7, 11) is 2.04. The maximum Gasteiger partial charge on any atom is 0.211 e. The maximum absolute atomic E-state index is 10.5. The summed E-state index contributed by atoms with van der Waals surface area (Å²) in [6.07, 6.45) is 28.7. The summed E-state index contributed by atoms with van der Waals surface area (Å²) in [6.45, 7) is 11.1. The Morgan fingerprint density at radius 2 is 1.86 bits per heavy atom. The Morgan fingerprint density at radius 1 is 1.05 bits per heavy atom. The molecule has 0 spiro atoms. The van der Waals surface area contributed by atoms with E-state index in [1.165, 1.54) is 51.7 Å². The van der Waals surface area contributed by atoms with Gasteiger partial charge in [0.1, 0.15) is 0 Å². The van der Waals surface area contributed by atoms with Crippen LogP contribution < -0.4 is 10.6 Å².